The molecular formula is C19H18ClFN2O3. The number of carbonyl (C=O) groups is 2. The van der Waals surface area contributed by atoms with Gasteiger partial charge in [0.15, 0.2) is 0 Å². The molecule has 2 N–H and O–H groups in total. The number of anilines is 1. The molecule has 0 saturated carbocycles. The first-order valence-electron chi connectivity index (χ1n) is 8.14. The van der Waals surface area contributed by atoms with Gasteiger partial charge in [0, 0.05) is 25.2 Å². The van der Waals surface area contributed by atoms with Gasteiger partial charge in [-0.15, -0.1) is 0 Å². The lowest BCUT2D eigenvalue weighted by atomic mass is 10.0. The fourth-order valence-electron chi connectivity index (χ4n) is 2.97. The lowest BCUT2D eigenvalue weighted by Gasteiger charge is -2.22. The number of nitrogens with zero attached hydrogens (tertiary/aromatic N) is 1. The Hall–Kier alpha value is -2.44. The summed E-state index contributed by atoms with van der Waals surface area (Å²) in [5.74, 6) is -2.10. The number of amides is 2. The first kappa shape index (κ1) is 18.4. The molecule has 0 unspecified atom stereocenters. The summed E-state index contributed by atoms with van der Waals surface area (Å²) in [5, 5.41) is 13.1. The van der Waals surface area contributed by atoms with Crippen LogP contribution in [0.1, 0.15) is 17.5 Å². The smallest absolute Gasteiger partial charge is 0.268 e. The highest BCUT2D eigenvalue weighted by Gasteiger charge is 2.51. The molecule has 136 valence electrons. The first-order valence-corrected chi connectivity index (χ1v) is 8.52. The highest BCUT2D eigenvalue weighted by molar-refractivity contribution is 6.31. The highest BCUT2D eigenvalue weighted by Crippen LogP contribution is 2.31. The Labute approximate surface area is 155 Å². The number of halogens is 2. The molecule has 26 heavy (non-hydrogen) atoms. The number of hydrogen-bond donors (Lipinski definition) is 2. The van der Waals surface area contributed by atoms with Crippen LogP contribution in [0, 0.1) is 12.7 Å². The van der Waals surface area contributed by atoms with Crippen LogP contribution in [0.2, 0.25) is 5.02 Å². The number of hydrogen-bond acceptors (Lipinski definition) is 3. The summed E-state index contributed by atoms with van der Waals surface area (Å²) >= 11 is 5.75. The quantitative estimate of drug-likeness (QED) is 0.806. The Bertz CT molecular complexity index is 874. The van der Waals surface area contributed by atoms with E-state index in [0.717, 1.165) is 17.2 Å². The summed E-state index contributed by atoms with van der Waals surface area (Å²) in [6.45, 7) is 2.28. The minimum atomic E-state index is -2.15. The summed E-state index contributed by atoms with van der Waals surface area (Å²) < 4.78 is 13.3. The Kier molecular flexibility index (Phi) is 4.98. The molecule has 5 nitrogen and oxygen atoms in total. The van der Waals surface area contributed by atoms with Gasteiger partial charge in [0.2, 0.25) is 5.60 Å². The maximum atomic E-state index is 13.3. The molecule has 0 radical (unpaired) electrons. The van der Waals surface area contributed by atoms with Crippen molar-refractivity contribution in [1.82, 2.24) is 5.32 Å². The molecule has 0 aliphatic carbocycles. The van der Waals surface area contributed by atoms with Crippen molar-refractivity contribution in [3.63, 3.8) is 0 Å². The average Bonchev–Trinajstić information content (AvgIpc) is 2.92. The van der Waals surface area contributed by atoms with E-state index in [1.807, 2.05) is 31.2 Å². The number of carbonyl (C=O) groups excluding carboxylic acids is 2. The van der Waals surface area contributed by atoms with Crippen molar-refractivity contribution in [1.29, 1.82) is 0 Å². The molecule has 0 aromatic heterocycles. The van der Waals surface area contributed by atoms with Crippen LogP contribution in [0.15, 0.2) is 42.5 Å². The first-order chi connectivity index (χ1) is 12.3. The van der Waals surface area contributed by atoms with Crippen molar-refractivity contribution >= 4 is 29.1 Å². The van der Waals surface area contributed by atoms with E-state index in [1.54, 1.807) is 0 Å². The maximum Gasteiger partial charge on any atom is 0.268 e. The van der Waals surface area contributed by atoms with Crippen LogP contribution in [-0.4, -0.2) is 29.1 Å². The zero-order valence-electron chi connectivity index (χ0n) is 14.1. The predicted molar refractivity (Wildman–Crippen MR) is 96.4 cm³/mol. The maximum absolute atomic E-state index is 13.3. The van der Waals surface area contributed by atoms with Crippen LogP contribution in [-0.2, 0) is 16.1 Å². The summed E-state index contributed by atoms with van der Waals surface area (Å²) in [5.41, 5.74) is 0.107. The molecule has 7 heteroatoms. The zero-order chi connectivity index (χ0) is 18.9. The Balaban J connectivity index is 1.72. The Morgan fingerprint density at radius 1 is 1.35 bits per heavy atom. The molecule has 1 atom stereocenters. The third kappa shape index (κ3) is 3.43. The van der Waals surface area contributed by atoms with Crippen LogP contribution < -0.4 is 10.2 Å². The molecule has 1 aliphatic rings. The molecular weight excluding hydrogens is 359 g/mol. The van der Waals surface area contributed by atoms with Crippen molar-refractivity contribution in [2.45, 2.75) is 25.5 Å². The number of rotatable bonds is 4. The van der Waals surface area contributed by atoms with E-state index in [9.17, 15) is 19.1 Å². The van der Waals surface area contributed by atoms with E-state index in [4.69, 9.17) is 11.6 Å². The predicted octanol–water partition coefficient (Wildman–Crippen LogP) is 2.57. The van der Waals surface area contributed by atoms with Crippen LogP contribution >= 0.6 is 11.6 Å². The minimum Gasteiger partial charge on any atom is -0.372 e. The Morgan fingerprint density at radius 2 is 2.12 bits per heavy atom. The SMILES string of the molecule is Cc1cccc(CNC(=O)[C@@]2(O)CCN(c3ccc(F)c(Cl)c3)C2=O)c1. The monoisotopic (exact) mass is 376 g/mol. The normalized spacial score (nSPS) is 19.7. The van der Waals surface area contributed by atoms with Crippen LogP contribution in [0.4, 0.5) is 10.1 Å². The van der Waals surface area contributed by atoms with Crippen LogP contribution in [0.25, 0.3) is 0 Å². The van der Waals surface area contributed by atoms with Gasteiger partial charge in [0.25, 0.3) is 11.8 Å². The van der Waals surface area contributed by atoms with Crippen molar-refractivity contribution in [2.75, 3.05) is 11.4 Å². The van der Waals surface area contributed by atoms with Gasteiger partial charge >= 0.3 is 0 Å². The summed E-state index contributed by atoms with van der Waals surface area (Å²) in [4.78, 5) is 26.3. The van der Waals surface area contributed by atoms with E-state index in [2.05, 4.69) is 5.32 Å². The molecule has 2 aromatic carbocycles. The second-order valence-corrected chi connectivity index (χ2v) is 6.74. The number of nitrogens with one attached hydrogen (secondary N) is 1. The van der Waals surface area contributed by atoms with Crippen molar-refractivity contribution in [2.24, 2.45) is 0 Å². The molecule has 2 amide bonds. The van der Waals surface area contributed by atoms with Crippen molar-refractivity contribution in [3.8, 4) is 0 Å². The number of aliphatic hydroxyl groups is 1. The average molecular weight is 377 g/mol. The van der Waals surface area contributed by atoms with Gasteiger partial charge in [-0.1, -0.05) is 41.4 Å². The van der Waals surface area contributed by atoms with Crippen molar-refractivity contribution in [3.05, 3.63) is 64.4 Å². The number of benzene rings is 2. The topological polar surface area (TPSA) is 69.6 Å². The number of aryl methyl sites for hydroxylation is 1. The fraction of sp³-hybridized carbons (Fsp3) is 0.263. The van der Waals surface area contributed by atoms with Gasteiger partial charge in [0.05, 0.1) is 5.02 Å². The summed E-state index contributed by atoms with van der Waals surface area (Å²) in [6, 6.07) is 11.4. The van der Waals surface area contributed by atoms with Crippen molar-refractivity contribution < 1.29 is 19.1 Å². The molecule has 3 rings (SSSR count). The molecule has 1 heterocycles. The lowest BCUT2D eigenvalue weighted by Crippen LogP contribution is -2.52. The molecule has 1 aliphatic heterocycles. The van der Waals surface area contributed by atoms with Gasteiger partial charge in [-0.25, -0.2) is 4.39 Å². The largest absolute Gasteiger partial charge is 0.372 e. The molecule has 1 saturated heterocycles. The fourth-order valence-corrected chi connectivity index (χ4v) is 3.14. The van der Waals surface area contributed by atoms with Gasteiger partial charge in [-0.3, -0.25) is 9.59 Å². The minimum absolute atomic E-state index is 0.0551. The van der Waals surface area contributed by atoms with Gasteiger partial charge < -0.3 is 15.3 Å². The summed E-state index contributed by atoms with van der Waals surface area (Å²) in [6.07, 6.45) is -0.0551. The van der Waals surface area contributed by atoms with E-state index in [0.29, 0.717) is 5.69 Å². The third-order valence-corrected chi connectivity index (χ3v) is 4.71. The standard InChI is InChI=1S/C19H18ClFN2O3/c1-12-3-2-4-13(9-12)11-22-17(24)19(26)7-8-23(18(19)25)14-5-6-16(21)15(20)10-14/h2-6,9-10,26H,7-8,11H2,1H3,(H,22,24)/t19-/m0/s1. The zero-order valence-corrected chi connectivity index (χ0v) is 14.9. The van der Waals surface area contributed by atoms with E-state index in [-0.39, 0.29) is 24.5 Å². The molecule has 0 spiro atoms. The highest BCUT2D eigenvalue weighted by atomic mass is 35.5. The third-order valence-electron chi connectivity index (χ3n) is 4.42. The van der Waals surface area contributed by atoms with Crippen LogP contribution in [0.5, 0.6) is 0 Å². The molecule has 0 bridgehead atoms. The van der Waals surface area contributed by atoms with Gasteiger partial charge in [-0.2, -0.15) is 0 Å². The van der Waals surface area contributed by atoms with Gasteiger partial charge in [0.1, 0.15) is 5.82 Å². The second kappa shape index (κ2) is 7.05. The van der Waals surface area contributed by atoms with E-state index < -0.39 is 23.2 Å². The molecule has 2 aromatic rings. The van der Waals surface area contributed by atoms with E-state index >= 15 is 0 Å². The second-order valence-electron chi connectivity index (χ2n) is 6.34. The summed E-state index contributed by atoms with van der Waals surface area (Å²) in [7, 11) is 0. The van der Waals surface area contributed by atoms with Gasteiger partial charge in [-0.05, 0) is 30.7 Å². The molecule has 1 fully saturated rings. The Morgan fingerprint density at radius 3 is 2.81 bits per heavy atom. The van der Waals surface area contributed by atoms with Crippen LogP contribution in [0.3, 0.4) is 0 Å². The lowest BCUT2D eigenvalue weighted by molar-refractivity contribution is -0.149. The van der Waals surface area contributed by atoms with E-state index in [1.165, 1.54) is 17.0 Å².